The molecule has 0 bridgehead atoms. The number of alkyl halides is 1. The Bertz CT molecular complexity index is 188. The van der Waals surface area contributed by atoms with Crippen molar-refractivity contribution in [3.05, 3.63) is 0 Å². The lowest BCUT2D eigenvalue weighted by atomic mass is 10.2. The quantitative estimate of drug-likeness (QED) is 0.603. The second-order valence-corrected chi connectivity index (χ2v) is 3.44. The Kier molecular flexibility index (Phi) is 3.62. The highest BCUT2D eigenvalue weighted by Crippen LogP contribution is 2.18. The monoisotopic (exact) mass is 189 g/mol. The zero-order valence-corrected chi connectivity index (χ0v) is 7.79. The molecule has 0 aromatic rings. The summed E-state index contributed by atoms with van der Waals surface area (Å²) in [4.78, 5) is 12.4. The van der Waals surface area contributed by atoms with Crippen molar-refractivity contribution in [2.45, 2.75) is 18.6 Å². The molecule has 0 saturated carbocycles. The van der Waals surface area contributed by atoms with Crippen LogP contribution in [0.1, 0.15) is 6.42 Å². The van der Waals surface area contributed by atoms with Gasteiger partial charge in [0.15, 0.2) is 0 Å². The predicted octanol–water partition coefficient (Wildman–Crippen LogP) is -0.896. The van der Waals surface area contributed by atoms with Gasteiger partial charge in [0.2, 0.25) is 5.91 Å². The summed E-state index contributed by atoms with van der Waals surface area (Å²) in [5, 5.41) is 2.97. The third-order valence-corrected chi connectivity index (χ3v) is 2.28. The van der Waals surface area contributed by atoms with Gasteiger partial charge in [-0.25, -0.2) is 4.39 Å². The van der Waals surface area contributed by atoms with Crippen molar-refractivity contribution in [3.63, 3.8) is 0 Å². The minimum absolute atomic E-state index is 0.104. The maximum absolute atomic E-state index is 13.0. The molecule has 1 saturated heterocycles. The highest BCUT2D eigenvalue weighted by atomic mass is 19.1. The van der Waals surface area contributed by atoms with E-state index in [0.29, 0.717) is 19.5 Å². The van der Waals surface area contributed by atoms with Crippen LogP contribution in [0.3, 0.4) is 0 Å². The normalized spacial score (nSPS) is 29.4. The molecule has 0 aliphatic carbocycles. The van der Waals surface area contributed by atoms with Gasteiger partial charge in [0.05, 0.1) is 6.54 Å². The molecule has 0 radical (unpaired) electrons. The molecule has 76 valence electrons. The van der Waals surface area contributed by atoms with E-state index in [1.165, 1.54) is 0 Å². The number of carbonyl (C=O) groups is 1. The number of halogens is 1. The Balaban J connectivity index is 2.45. The van der Waals surface area contributed by atoms with Gasteiger partial charge in [0.1, 0.15) is 6.17 Å². The van der Waals surface area contributed by atoms with Crippen LogP contribution >= 0.6 is 0 Å². The Labute approximate surface area is 77.3 Å². The van der Waals surface area contributed by atoms with E-state index in [1.54, 1.807) is 4.90 Å². The first-order valence-corrected chi connectivity index (χ1v) is 4.44. The number of nitrogens with zero attached hydrogens (tertiary/aromatic N) is 1. The second kappa shape index (κ2) is 4.53. The van der Waals surface area contributed by atoms with Crippen molar-refractivity contribution in [2.75, 3.05) is 26.7 Å². The van der Waals surface area contributed by atoms with Crippen LogP contribution in [-0.4, -0.2) is 49.7 Å². The number of nitrogens with one attached hydrogen (secondary N) is 1. The zero-order chi connectivity index (χ0) is 9.84. The topological polar surface area (TPSA) is 58.4 Å². The summed E-state index contributed by atoms with van der Waals surface area (Å²) in [7, 11) is 1.81. The van der Waals surface area contributed by atoms with Gasteiger partial charge in [-0.1, -0.05) is 0 Å². The maximum Gasteiger partial charge on any atom is 0.231 e. The standard InChI is InChI=1S/C8H16FN3O/c1-11-3-7-2-6(9)4-12(7)5-8(10)13/h6-7,11H,2-5H2,1H3,(H2,10,13)/t6-,7-/m0/s1. The molecule has 2 atom stereocenters. The number of likely N-dealkylation sites (tertiary alicyclic amines) is 1. The molecule has 1 aliphatic heterocycles. The van der Waals surface area contributed by atoms with E-state index in [2.05, 4.69) is 5.32 Å². The molecule has 1 amide bonds. The van der Waals surface area contributed by atoms with E-state index in [1.807, 2.05) is 7.05 Å². The minimum atomic E-state index is -0.822. The van der Waals surface area contributed by atoms with E-state index in [4.69, 9.17) is 5.73 Å². The van der Waals surface area contributed by atoms with E-state index in [-0.39, 0.29) is 12.6 Å². The molecule has 5 heteroatoms. The number of hydrogen-bond donors (Lipinski definition) is 2. The average molecular weight is 189 g/mol. The van der Waals surface area contributed by atoms with Gasteiger partial charge < -0.3 is 11.1 Å². The highest BCUT2D eigenvalue weighted by Gasteiger charge is 2.31. The van der Waals surface area contributed by atoms with E-state index in [0.717, 1.165) is 0 Å². The maximum atomic E-state index is 13.0. The Hall–Kier alpha value is -0.680. The summed E-state index contributed by atoms with van der Waals surface area (Å²) in [6.07, 6.45) is -0.327. The molecular weight excluding hydrogens is 173 g/mol. The van der Waals surface area contributed by atoms with Crippen molar-refractivity contribution in [3.8, 4) is 0 Å². The fraction of sp³-hybridized carbons (Fsp3) is 0.875. The third-order valence-electron chi connectivity index (χ3n) is 2.28. The summed E-state index contributed by atoms with van der Waals surface area (Å²) >= 11 is 0. The van der Waals surface area contributed by atoms with Gasteiger partial charge in [-0.05, 0) is 13.5 Å². The minimum Gasteiger partial charge on any atom is -0.369 e. The summed E-state index contributed by atoms with van der Waals surface area (Å²) in [6, 6.07) is 0.104. The molecule has 0 aromatic heterocycles. The zero-order valence-electron chi connectivity index (χ0n) is 7.79. The molecule has 4 nitrogen and oxygen atoms in total. The number of rotatable bonds is 4. The predicted molar refractivity (Wildman–Crippen MR) is 48.0 cm³/mol. The molecule has 13 heavy (non-hydrogen) atoms. The molecule has 0 aromatic carbocycles. The first kappa shape index (κ1) is 10.4. The van der Waals surface area contributed by atoms with Gasteiger partial charge in [-0.2, -0.15) is 0 Å². The van der Waals surface area contributed by atoms with Gasteiger partial charge in [-0.15, -0.1) is 0 Å². The summed E-state index contributed by atoms with van der Waals surface area (Å²) in [5.74, 6) is -0.393. The molecule has 1 aliphatic rings. The number of primary amides is 1. The van der Waals surface area contributed by atoms with Crippen molar-refractivity contribution in [1.82, 2.24) is 10.2 Å². The first-order chi connectivity index (χ1) is 6.13. The Morgan fingerprint density at radius 1 is 1.77 bits per heavy atom. The molecular formula is C8H16FN3O. The van der Waals surface area contributed by atoms with Crippen LogP contribution in [0.15, 0.2) is 0 Å². The average Bonchev–Trinajstić information content (AvgIpc) is 2.31. The molecule has 0 unspecified atom stereocenters. The lowest BCUT2D eigenvalue weighted by Gasteiger charge is -2.21. The van der Waals surface area contributed by atoms with Crippen LogP contribution in [0, 0.1) is 0 Å². The van der Waals surface area contributed by atoms with Crippen molar-refractivity contribution in [2.24, 2.45) is 5.73 Å². The van der Waals surface area contributed by atoms with Crippen molar-refractivity contribution >= 4 is 5.91 Å². The highest BCUT2D eigenvalue weighted by molar-refractivity contribution is 5.76. The van der Waals surface area contributed by atoms with Crippen LogP contribution in [-0.2, 0) is 4.79 Å². The molecule has 1 heterocycles. The van der Waals surface area contributed by atoms with E-state index >= 15 is 0 Å². The summed E-state index contributed by atoms with van der Waals surface area (Å²) < 4.78 is 13.0. The Morgan fingerprint density at radius 2 is 2.46 bits per heavy atom. The number of amides is 1. The SMILES string of the molecule is CNC[C@@H]1C[C@H](F)CN1CC(N)=O. The molecule has 0 spiro atoms. The molecule has 3 N–H and O–H groups in total. The summed E-state index contributed by atoms with van der Waals surface area (Å²) in [5.41, 5.74) is 5.05. The largest absolute Gasteiger partial charge is 0.369 e. The Morgan fingerprint density at radius 3 is 3.00 bits per heavy atom. The number of likely N-dealkylation sites (N-methyl/N-ethyl adjacent to an activating group) is 1. The number of nitrogens with two attached hydrogens (primary N) is 1. The number of carbonyl (C=O) groups excluding carboxylic acids is 1. The van der Waals surface area contributed by atoms with E-state index in [9.17, 15) is 9.18 Å². The lowest BCUT2D eigenvalue weighted by molar-refractivity contribution is -0.119. The summed E-state index contributed by atoms with van der Waals surface area (Å²) in [6.45, 7) is 1.19. The molecule has 1 rings (SSSR count). The van der Waals surface area contributed by atoms with Crippen LogP contribution < -0.4 is 11.1 Å². The van der Waals surface area contributed by atoms with E-state index < -0.39 is 12.1 Å². The van der Waals surface area contributed by atoms with Crippen LogP contribution in [0.4, 0.5) is 4.39 Å². The van der Waals surface area contributed by atoms with Crippen LogP contribution in [0.2, 0.25) is 0 Å². The van der Waals surface area contributed by atoms with Gasteiger partial charge >= 0.3 is 0 Å². The van der Waals surface area contributed by atoms with Crippen molar-refractivity contribution < 1.29 is 9.18 Å². The third kappa shape index (κ3) is 2.93. The fourth-order valence-electron chi connectivity index (χ4n) is 1.76. The van der Waals surface area contributed by atoms with Crippen LogP contribution in [0.5, 0.6) is 0 Å². The number of hydrogen-bond acceptors (Lipinski definition) is 3. The van der Waals surface area contributed by atoms with Gasteiger partial charge in [0.25, 0.3) is 0 Å². The van der Waals surface area contributed by atoms with Gasteiger partial charge in [0, 0.05) is 19.1 Å². The smallest absolute Gasteiger partial charge is 0.231 e. The fourth-order valence-corrected chi connectivity index (χ4v) is 1.76. The van der Waals surface area contributed by atoms with Crippen LogP contribution in [0.25, 0.3) is 0 Å². The first-order valence-electron chi connectivity index (χ1n) is 4.44. The van der Waals surface area contributed by atoms with Gasteiger partial charge in [-0.3, -0.25) is 9.69 Å². The van der Waals surface area contributed by atoms with Crippen molar-refractivity contribution in [1.29, 1.82) is 0 Å². The molecule has 1 fully saturated rings. The second-order valence-electron chi connectivity index (χ2n) is 3.44. The lowest BCUT2D eigenvalue weighted by Crippen LogP contribution is -2.41.